The van der Waals surface area contributed by atoms with Crippen LogP contribution in [0, 0.1) is 0 Å². The zero-order valence-electron chi connectivity index (χ0n) is 37.0. The molecular weight excluding hydrogens is 853 g/mol. The highest BCUT2D eigenvalue weighted by Gasteiger charge is 2.31. The van der Waals surface area contributed by atoms with E-state index in [1.807, 2.05) is 31.2 Å². The Balaban J connectivity index is 1.48. The molecule has 22 heteroatoms. The van der Waals surface area contributed by atoms with Gasteiger partial charge in [-0.15, -0.1) is 0 Å². The predicted molar refractivity (Wildman–Crippen MR) is 244 cm³/mol. The SMILES string of the molecule is CCCC[C@H](NC(C)=O)C(=O)NCC(=O)N[C@@H](Cc1cnc[nH]1)C(=O)NC(Cc1ccccc1)C(=O)N[C@@H](CCCN=C(N)N)C(=O)NCC(=O)N[C@@H](Cc1c[nH]c2ccccc12)C(N)=O. The molecule has 0 spiro atoms. The topological polar surface area (TPSA) is 356 Å². The average molecular weight is 913 g/mol. The summed E-state index contributed by atoms with van der Waals surface area (Å²) >= 11 is 0. The Morgan fingerprint density at radius 2 is 1.24 bits per heavy atom. The number of hydrogen-bond acceptors (Lipinski definition) is 10. The number of amides is 8. The van der Waals surface area contributed by atoms with Gasteiger partial charge in [0.05, 0.1) is 19.4 Å². The molecule has 15 N–H and O–H groups in total. The number of nitrogens with two attached hydrogens (primary N) is 3. The van der Waals surface area contributed by atoms with Gasteiger partial charge in [0, 0.05) is 61.7 Å². The van der Waals surface area contributed by atoms with Gasteiger partial charge in [-0.2, -0.15) is 0 Å². The molecular formula is C44H60N14O8. The van der Waals surface area contributed by atoms with Crippen LogP contribution in [-0.2, 0) is 57.6 Å². The summed E-state index contributed by atoms with van der Waals surface area (Å²) in [5.41, 5.74) is 19.3. The number of unbranched alkanes of at least 4 members (excludes halogenated alkanes) is 1. The fourth-order valence-corrected chi connectivity index (χ4v) is 6.94. The van der Waals surface area contributed by atoms with Crippen LogP contribution >= 0.6 is 0 Å². The second-order valence-electron chi connectivity index (χ2n) is 15.6. The number of nitrogens with zero attached hydrogens (tertiary/aromatic N) is 2. The van der Waals surface area contributed by atoms with Gasteiger partial charge in [0.25, 0.3) is 0 Å². The maximum Gasteiger partial charge on any atom is 0.243 e. The van der Waals surface area contributed by atoms with Crippen molar-refractivity contribution >= 4 is 64.1 Å². The van der Waals surface area contributed by atoms with Gasteiger partial charge < -0.3 is 64.4 Å². The highest BCUT2D eigenvalue weighted by molar-refractivity contribution is 5.96. The summed E-state index contributed by atoms with van der Waals surface area (Å²) in [7, 11) is 0. The molecule has 0 aliphatic carbocycles. The van der Waals surface area contributed by atoms with E-state index in [2.05, 4.69) is 57.2 Å². The van der Waals surface area contributed by atoms with Crippen molar-refractivity contribution in [2.75, 3.05) is 19.6 Å². The molecule has 2 heterocycles. The van der Waals surface area contributed by atoms with Crippen LogP contribution in [0.25, 0.3) is 10.9 Å². The summed E-state index contributed by atoms with van der Waals surface area (Å²) in [6.07, 6.45) is 6.51. The van der Waals surface area contributed by atoms with E-state index in [1.165, 1.54) is 19.4 Å². The van der Waals surface area contributed by atoms with Crippen LogP contribution in [0.5, 0.6) is 0 Å². The van der Waals surface area contributed by atoms with Crippen LogP contribution in [-0.4, -0.2) is 118 Å². The minimum atomic E-state index is -1.31. The van der Waals surface area contributed by atoms with Crippen LogP contribution in [0.3, 0.4) is 0 Å². The summed E-state index contributed by atoms with van der Waals surface area (Å²) in [6, 6.07) is 10.3. The van der Waals surface area contributed by atoms with Crippen molar-refractivity contribution in [2.24, 2.45) is 22.2 Å². The fourth-order valence-electron chi connectivity index (χ4n) is 6.94. The number of carbonyl (C=O) groups is 8. The highest BCUT2D eigenvalue weighted by atomic mass is 16.2. The summed E-state index contributed by atoms with van der Waals surface area (Å²) in [4.78, 5) is 119. The van der Waals surface area contributed by atoms with Crippen LogP contribution in [0.2, 0.25) is 0 Å². The number of aliphatic imine (C=N–C) groups is 1. The molecule has 0 bridgehead atoms. The number of carbonyl (C=O) groups excluding carboxylic acids is 8. The van der Waals surface area contributed by atoms with Crippen LogP contribution in [0.15, 0.2) is 78.3 Å². The number of benzene rings is 2. The molecule has 8 amide bonds. The van der Waals surface area contributed by atoms with E-state index in [0.717, 1.165) is 22.9 Å². The minimum absolute atomic E-state index is 0.00207. The fraction of sp³-hybridized carbons (Fsp3) is 0.409. The van der Waals surface area contributed by atoms with Gasteiger partial charge in [-0.05, 0) is 36.5 Å². The number of hydrogen-bond donors (Lipinski definition) is 12. The van der Waals surface area contributed by atoms with E-state index in [4.69, 9.17) is 17.2 Å². The molecule has 0 saturated heterocycles. The van der Waals surface area contributed by atoms with Gasteiger partial charge in [-0.1, -0.05) is 68.3 Å². The van der Waals surface area contributed by atoms with Crippen molar-refractivity contribution in [1.29, 1.82) is 0 Å². The van der Waals surface area contributed by atoms with E-state index in [9.17, 15) is 38.4 Å². The molecule has 66 heavy (non-hydrogen) atoms. The zero-order valence-corrected chi connectivity index (χ0v) is 37.0. The third-order valence-corrected chi connectivity index (χ3v) is 10.3. The summed E-state index contributed by atoms with van der Waals surface area (Å²) < 4.78 is 0. The van der Waals surface area contributed by atoms with Crippen LogP contribution in [0.4, 0.5) is 0 Å². The lowest BCUT2D eigenvalue weighted by Crippen LogP contribution is -2.58. The van der Waals surface area contributed by atoms with Gasteiger partial charge in [0.2, 0.25) is 47.3 Å². The minimum Gasteiger partial charge on any atom is -0.370 e. The molecule has 1 unspecified atom stereocenters. The van der Waals surface area contributed by atoms with Gasteiger partial charge in [0.15, 0.2) is 5.96 Å². The normalized spacial score (nSPS) is 13.1. The summed E-state index contributed by atoms with van der Waals surface area (Å²) in [6.45, 7) is 2.21. The predicted octanol–water partition coefficient (Wildman–Crippen LogP) is -1.68. The smallest absolute Gasteiger partial charge is 0.243 e. The highest BCUT2D eigenvalue weighted by Crippen LogP contribution is 2.19. The van der Waals surface area contributed by atoms with Crippen molar-refractivity contribution in [3.05, 3.63) is 90.1 Å². The molecule has 2 aromatic heterocycles. The first-order valence-electron chi connectivity index (χ1n) is 21.6. The first-order chi connectivity index (χ1) is 31.6. The van der Waals surface area contributed by atoms with E-state index in [0.29, 0.717) is 24.1 Å². The maximum absolute atomic E-state index is 14.2. The maximum atomic E-state index is 14.2. The molecule has 0 saturated carbocycles. The number of nitrogens with one attached hydrogen (secondary N) is 9. The lowest BCUT2D eigenvalue weighted by atomic mass is 10.0. The first kappa shape index (κ1) is 50.9. The van der Waals surface area contributed by atoms with Gasteiger partial charge in [0.1, 0.15) is 30.2 Å². The zero-order chi connectivity index (χ0) is 48.0. The number of para-hydroxylation sites is 1. The molecule has 0 aliphatic rings. The molecule has 5 atom stereocenters. The summed E-state index contributed by atoms with van der Waals surface area (Å²) in [5, 5.41) is 19.0. The number of fused-ring (bicyclic) bond motifs is 1. The Kier molecular flexibility index (Phi) is 20.1. The third-order valence-electron chi connectivity index (χ3n) is 10.3. The molecule has 4 rings (SSSR count). The number of aromatic nitrogens is 3. The Morgan fingerprint density at radius 1 is 0.652 bits per heavy atom. The number of imidazole rings is 1. The van der Waals surface area contributed by atoms with Crippen molar-refractivity contribution in [1.82, 2.24) is 52.2 Å². The Morgan fingerprint density at radius 3 is 1.85 bits per heavy atom. The van der Waals surface area contributed by atoms with E-state index in [1.54, 1.807) is 36.5 Å². The second-order valence-corrected chi connectivity index (χ2v) is 15.6. The first-order valence-corrected chi connectivity index (χ1v) is 21.6. The Hall–Kier alpha value is -7.78. The van der Waals surface area contributed by atoms with Gasteiger partial charge in [-0.25, -0.2) is 4.98 Å². The lowest BCUT2D eigenvalue weighted by molar-refractivity contribution is -0.134. The monoisotopic (exact) mass is 912 g/mol. The van der Waals surface area contributed by atoms with Crippen molar-refractivity contribution in [3.63, 3.8) is 0 Å². The van der Waals surface area contributed by atoms with Gasteiger partial charge in [-0.3, -0.25) is 43.3 Å². The van der Waals surface area contributed by atoms with E-state index < -0.39 is 90.6 Å². The van der Waals surface area contributed by atoms with Gasteiger partial charge >= 0.3 is 0 Å². The molecule has 0 aliphatic heterocycles. The molecule has 4 aromatic rings. The third kappa shape index (κ3) is 17.1. The number of aromatic amines is 2. The quantitative estimate of drug-likeness (QED) is 0.0182. The number of primary amides is 1. The van der Waals surface area contributed by atoms with Crippen LogP contribution < -0.4 is 54.4 Å². The van der Waals surface area contributed by atoms with Crippen molar-refractivity contribution in [2.45, 2.75) is 95.4 Å². The van der Waals surface area contributed by atoms with Crippen LogP contribution in [0.1, 0.15) is 62.8 Å². The molecule has 0 fully saturated rings. The Bertz CT molecular complexity index is 2300. The molecule has 2 aromatic carbocycles. The van der Waals surface area contributed by atoms with Crippen molar-refractivity contribution < 1.29 is 38.4 Å². The second kappa shape index (κ2) is 26.1. The largest absolute Gasteiger partial charge is 0.370 e. The van der Waals surface area contributed by atoms with Crippen molar-refractivity contribution in [3.8, 4) is 0 Å². The number of H-pyrrole nitrogens is 2. The van der Waals surface area contributed by atoms with E-state index >= 15 is 0 Å². The standard InChI is InChI=1S/C44H60N14O8/c1-3-4-14-32(54-26(2)59)40(63)51-24-38(61)56-36(20-29-22-48-25-53-29)43(66)58-35(18-27-11-6-5-7-12-27)42(65)57-33(16-10-17-49-44(46)47)41(64)52-23-37(60)55-34(39(45)62)19-28-21-50-31-15-9-8-13-30(28)31/h5-9,11-13,15,21-22,25,32-36,50H,3-4,10,14,16-20,23-24H2,1-2H3,(H2,45,62)(H,48,53)(H,51,63)(H,52,64)(H,54,59)(H,55,60)(H,56,61)(H,57,65)(H,58,66)(H4,46,47,49)/t32-,33-,34-,35?,36-/m0/s1. The number of guanidine groups is 1. The van der Waals surface area contributed by atoms with E-state index in [-0.39, 0.29) is 44.6 Å². The molecule has 22 nitrogen and oxygen atoms in total. The lowest BCUT2D eigenvalue weighted by Gasteiger charge is -2.26. The number of rotatable bonds is 27. The average Bonchev–Trinajstić information content (AvgIpc) is 3.96. The Labute approximate surface area is 381 Å². The molecule has 0 radical (unpaired) electrons. The molecule has 354 valence electrons. The summed E-state index contributed by atoms with van der Waals surface area (Å²) in [5.74, 6) is -5.72.